The minimum atomic E-state index is -4.51. The molecule has 1 amide bonds. The van der Waals surface area contributed by atoms with Crippen LogP contribution < -0.4 is 21.7 Å². The van der Waals surface area contributed by atoms with Gasteiger partial charge >= 0.3 is 6.18 Å². The van der Waals surface area contributed by atoms with Gasteiger partial charge in [-0.15, -0.1) is 5.10 Å². The number of carbonyl (C=O) groups excluding carboxylic acids is 1. The van der Waals surface area contributed by atoms with E-state index in [-0.39, 0.29) is 27.8 Å². The summed E-state index contributed by atoms with van der Waals surface area (Å²) in [5, 5.41) is 11.5. The number of halogens is 4. The van der Waals surface area contributed by atoms with E-state index < -0.39 is 30.5 Å². The highest BCUT2D eigenvalue weighted by atomic mass is 19.4. The fraction of sp³-hybridized carbons (Fsp3) is 0.235. The lowest BCUT2D eigenvalue weighted by atomic mass is 10.3. The number of nitrogens with two attached hydrogens (primary N) is 1. The molecule has 10 nitrogen and oxygen atoms in total. The Hall–Kier alpha value is -3.97. The highest BCUT2D eigenvalue weighted by molar-refractivity contribution is 5.83. The van der Waals surface area contributed by atoms with Crippen LogP contribution in [0.2, 0.25) is 0 Å². The van der Waals surface area contributed by atoms with Gasteiger partial charge in [0.1, 0.15) is 30.5 Å². The van der Waals surface area contributed by atoms with E-state index in [0.29, 0.717) is 5.69 Å². The first-order valence-corrected chi connectivity index (χ1v) is 8.79. The van der Waals surface area contributed by atoms with Crippen molar-refractivity contribution in [2.75, 3.05) is 22.9 Å². The molecule has 0 radical (unpaired) electrons. The first-order valence-electron chi connectivity index (χ1n) is 8.79. The molecule has 14 heteroatoms. The van der Waals surface area contributed by atoms with Gasteiger partial charge in [0.25, 0.3) is 0 Å². The van der Waals surface area contributed by atoms with Gasteiger partial charge in [-0.1, -0.05) is 0 Å². The standard InChI is InChI=1S/C17H17F4N9O.3H2/c1-9(14(31)23-7-17(19,20)21)26-12-6-13(25-8-24-12)30-15(22)28-16(29-30)27-11-4-2-10(18)3-5-11;;;/h2-6,8-9H,7H2,1H3,(H,23,31)(H,24,25,26)(H3,22,27,28,29);3*1H/t9-;;;/m0.../s1. The van der Waals surface area contributed by atoms with Gasteiger partial charge in [0, 0.05) is 16.0 Å². The number of aromatic nitrogens is 5. The summed E-state index contributed by atoms with van der Waals surface area (Å²) in [4.78, 5) is 23.8. The molecule has 0 spiro atoms. The van der Waals surface area contributed by atoms with Crippen LogP contribution in [0.1, 0.15) is 11.2 Å². The van der Waals surface area contributed by atoms with Crippen LogP contribution in [0.25, 0.3) is 5.82 Å². The van der Waals surface area contributed by atoms with E-state index in [9.17, 15) is 22.4 Å². The topological polar surface area (TPSA) is 136 Å². The van der Waals surface area contributed by atoms with E-state index in [4.69, 9.17) is 5.73 Å². The Morgan fingerprint density at radius 3 is 2.65 bits per heavy atom. The third-order valence-electron chi connectivity index (χ3n) is 3.82. The van der Waals surface area contributed by atoms with Crippen molar-refractivity contribution in [3.05, 3.63) is 42.5 Å². The van der Waals surface area contributed by atoms with Crippen molar-refractivity contribution in [2.24, 2.45) is 0 Å². The predicted molar refractivity (Wildman–Crippen MR) is 110 cm³/mol. The largest absolute Gasteiger partial charge is 0.405 e. The maximum atomic E-state index is 13.0. The molecule has 3 rings (SSSR count). The molecule has 0 aliphatic carbocycles. The van der Waals surface area contributed by atoms with Crippen LogP contribution in [0.4, 0.5) is 41.0 Å². The summed E-state index contributed by atoms with van der Waals surface area (Å²) in [6.45, 7) is -0.0613. The van der Waals surface area contributed by atoms with E-state index in [1.54, 1.807) is 5.32 Å². The van der Waals surface area contributed by atoms with Crippen LogP contribution in [-0.2, 0) is 4.79 Å². The number of hydrogen-bond donors (Lipinski definition) is 4. The zero-order chi connectivity index (χ0) is 22.6. The zero-order valence-corrected chi connectivity index (χ0v) is 16.0. The number of carbonyl (C=O) groups is 1. The summed E-state index contributed by atoms with van der Waals surface area (Å²) in [6.07, 6.45) is -3.35. The molecule has 0 saturated carbocycles. The van der Waals surface area contributed by atoms with Crippen molar-refractivity contribution >= 4 is 29.3 Å². The number of nitrogens with one attached hydrogen (secondary N) is 3. The van der Waals surface area contributed by atoms with Gasteiger partial charge < -0.3 is 21.7 Å². The lowest BCUT2D eigenvalue weighted by Crippen LogP contribution is -2.42. The number of hydrogen-bond acceptors (Lipinski definition) is 8. The summed E-state index contributed by atoms with van der Waals surface area (Å²) in [5.41, 5.74) is 6.40. The normalized spacial score (nSPS) is 12.3. The minimum Gasteiger partial charge on any atom is -0.368 e. The number of amides is 1. The molecular formula is C17H23F4N9O. The fourth-order valence-electron chi connectivity index (χ4n) is 2.38. The van der Waals surface area contributed by atoms with Crippen LogP contribution in [0.5, 0.6) is 0 Å². The molecule has 31 heavy (non-hydrogen) atoms. The zero-order valence-electron chi connectivity index (χ0n) is 16.0. The summed E-state index contributed by atoms with van der Waals surface area (Å²) >= 11 is 0. The maximum absolute atomic E-state index is 13.0. The molecule has 1 atom stereocenters. The van der Waals surface area contributed by atoms with Crippen LogP contribution in [0, 0.1) is 5.82 Å². The number of nitrogens with zero attached hydrogens (tertiary/aromatic N) is 5. The van der Waals surface area contributed by atoms with E-state index in [1.807, 2.05) is 0 Å². The molecule has 5 N–H and O–H groups in total. The van der Waals surface area contributed by atoms with E-state index >= 15 is 0 Å². The lowest BCUT2D eigenvalue weighted by Gasteiger charge is -2.15. The van der Waals surface area contributed by atoms with Gasteiger partial charge in [-0.05, 0) is 31.2 Å². The molecule has 0 saturated heterocycles. The molecule has 0 unspecified atom stereocenters. The van der Waals surface area contributed by atoms with Crippen molar-refractivity contribution < 1.29 is 26.6 Å². The molecule has 0 bridgehead atoms. The Kier molecular flexibility index (Phi) is 6.17. The van der Waals surface area contributed by atoms with Crippen molar-refractivity contribution in [1.82, 2.24) is 30.0 Å². The van der Waals surface area contributed by atoms with Gasteiger partial charge in [-0.2, -0.15) is 22.8 Å². The molecule has 3 aromatic rings. The van der Waals surface area contributed by atoms with Crippen LogP contribution >= 0.6 is 0 Å². The number of rotatable bonds is 7. The Balaban J connectivity index is 0.00000363. The Morgan fingerprint density at radius 1 is 1.26 bits per heavy atom. The monoisotopic (exact) mass is 445 g/mol. The second-order valence-electron chi connectivity index (χ2n) is 6.30. The van der Waals surface area contributed by atoms with E-state index in [2.05, 4.69) is 30.7 Å². The van der Waals surface area contributed by atoms with Gasteiger partial charge in [0.05, 0.1) is 0 Å². The predicted octanol–water partition coefficient (Wildman–Crippen LogP) is 2.74. The smallest absolute Gasteiger partial charge is 0.368 e. The summed E-state index contributed by atoms with van der Waals surface area (Å²) < 4.78 is 50.9. The first kappa shape index (κ1) is 21.7. The van der Waals surface area contributed by atoms with Crippen LogP contribution in [0.3, 0.4) is 0 Å². The number of alkyl halides is 3. The quantitative estimate of drug-likeness (QED) is 0.408. The fourth-order valence-corrected chi connectivity index (χ4v) is 2.38. The molecule has 0 aliphatic rings. The van der Waals surface area contributed by atoms with E-state index in [1.165, 1.54) is 41.9 Å². The summed E-state index contributed by atoms with van der Waals surface area (Å²) in [6, 6.07) is 5.89. The summed E-state index contributed by atoms with van der Waals surface area (Å²) in [7, 11) is 0. The SMILES string of the molecule is C[C@H](Nc1cc(-n2nc(Nc3ccc(F)cc3)nc2N)ncn1)C(=O)NCC(F)(F)F.[HH].[HH].[HH]. The average molecular weight is 445 g/mol. The molecule has 1 aromatic carbocycles. The molecule has 0 fully saturated rings. The molecular weight excluding hydrogens is 422 g/mol. The second-order valence-corrected chi connectivity index (χ2v) is 6.30. The van der Waals surface area contributed by atoms with Gasteiger partial charge in [0.2, 0.25) is 17.8 Å². The van der Waals surface area contributed by atoms with Crippen molar-refractivity contribution in [2.45, 2.75) is 19.1 Å². The summed E-state index contributed by atoms with van der Waals surface area (Å²) in [5.74, 6) is -0.808. The third-order valence-corrected chi connectivity index (χ3v) is 3.82. The first-order chi connectivity index (χ1) is 14.6. The Morgan fingerprint density at radius 2 is 1.97 bits per heavy atom. The molecule has 170 valence electrons. The number of benzene rings is 1. The third kappa shape index (κ3) is 6.01. The lowest BCUT2D eigenvalue weighted by molar-refractivity contribution is -0.138. The van der Waals surface area contributed by atoms with Crippen molar-refractivity contribution in [3.63, 3.8) is 0 Å². The number of nitrogen functional groups attached to an aromatic ring is 1. The molecule has 2 aromatic heterocycles. The van der Waals surface area contributed by atoms with Gasteiger partial charge in [-0.25, -0.2) is 14.4 Å². The average Bonchev–Trinajstić information content (AvgIpc) is 3.07. The van der Waals surface area contributed by atoms with Crippen LogP contribution in [0.15, 0.2) is 36.7 Å². The van der Waals surface area contributed by atoms with Crippen LogP contribution in [-0.4, -0.2) is 49.4 Å². The molecule has 2 heterocycles. The highest BCUT2D eigenvalue weighted by Gasteiger charge is 2.28. The van der Waals surface area contributed by atoms with Gasteiger partial charge in [0.15, 0.2) is 5.82 Å². The Labute approximate surface area is 177 Å². The van der Waals surface area contributed by atoms with E-state index in [0.717, 1.165) is 6.33 Å². The van der Waals surface area contributed by atoms with Gasteiger partial charge in [-0.3, -0.25) is 4.79 Å². The van der Waals surface area contributed by atoms with Crippen molar-refractivity contribution in [3.8, 4) is 5.82 Å². The minimum absolute atomic E-state index is 0. The highest BCUT2D eigenvalue weighted by Crippen LogP contribution is 2.18. The second kappa shape index (κ2) is 8.81. The Bertz CT molecular complexity index is 1070. The van der Waals surface area contributed by atoms with Crippen molar-refractivity contribution in [1.29, 1.82) is 0 Å². The number of anilines is 4. The maximum Gasteiger partial charge on any atom is 0.405 e. The molecule has 0 aliphatic heterocycles.